The zero-order chi connectivity index (χ0) is 18.1. The van der Waals surface area contributed by atoms with Crippen LogP contribution in [0.3, 0.4) is 0 Å². The lowest BCUT2D eigenvalue weighted by atomic mass is 9.83. The second-order valence-corrected chi connectivity index (χ2v) is 7.85. The Kier molecular flexibility index (Phi) is 7.92. The lowest BCUT2D eigenvalue weighted by Crippen LogP contribution is -2.41. The van der Waals surface area contributed by atoms with E-state index < -0.39 is 5.54 Å². The molecule has 0 radical (unpaired) electrons. The van der Waals surface area contributed by atoms with Gasteiger partial charge in [-0.3, -0.25) is 0 Å². The number of allylic oxidation sites excluding steroid dienone is 3. The Morgan fingerprint density at radius 2 is 1.84 bits per heavy atom. The highest BCUT2D eigenvalue weighted by Crippen LogP contribution is 2.32. The molecule has 2 rings (SSSR count). The summed E-state index contributed by atoms with van der Waals surface area (Å²) in [6, 6.07) is 6.88. The fourth-order valence-corrected chi connectivity index (χ4v) is 3.58. The molecule has 3 N–H and O–H groups in total. The number of benzene rings is 1. The Labute approximate surface area is 153 Å². The predicted octanol–water partition coefficient (Wildman–Crippen LogP) is 5.36. The number of aliphatic hydroxyl groups excluding tert-OH is 1. The highest BCUT2D eigenvalue weighted by atomic mass is 16.3. The molecule has 1 aliphatic rings. The van der Waals surface area contributed by atoms with Crippen molar-refractivity contribution in [1.82, 2.24) is 0 Å². The van der Waals surface area contributed by atoms with Gasteiger partial charge in [0.1, 0.15) is 0 Å². The van der Waals surface area contributed by atoms with E-state index in [1.165, 1.54) is 55.2 Å². The van der Waals surface area contributed by atoms with Gasteiger partial charge in [-0.1, -0.05) is 81.5 Å². The first kappa shape index (κ1) is 19.9. The third kappa shape index (κ3) is 6.45. The predicted molar refractivity (Wildman–Crippen MR) is 109 cm³/mol. The fraction of sp³-hybridized carbons (Fsp3) is 0.565. The van der Waals surface area contributed by atoms with Gasteiger partial charge in [-0.15, -0.1) is 0 Å². The Balaban J connectivity index is 1.99. The van der Waals surface area contributed by atoms with Crippen molar-refractivity contribution in [1.29, 1.82) is 0 Å². The van der Waals surface area contributed by atoms with Gasteiger partial charge in [0.05, 0.1) is 6.61 Å². The van der Waals surface area contributed by atoms with Gasteiger partial charge in [0.2, 0.25) is 0 Å². The zero-order valence-corrected chi connectivity index (χ0v) is 16.0. The number of fused-ring (bicyclic) bond motifs is 1. The van der Waals surface area contributed by atoms with E-state index in [0.717, 1.165) is 12.8 Å². The zero-order valence-electron chi connectivity index (χ0n) is 16.0. The molecule has 0 saturated heterocycles. The maximum Gasteiger partial charge on any atom is 0.0608 e. The molecular formula is C23H35NO. The molecule has 2 atom stereocenters. The number of unbranched alkanes of at least 4 members (excludes halogenated alkanes) is 5. The molecule has 0 aliphatic heterocycles. The first-order valence-electron chi connectivity index (χ1n) is 9.93. The summed E-state index contributed by atoms with van der Waals surface area (Å²) in [5, 5.41) is 9.50. The molecule has 2 nitrogen and oxygen atoms in total. The number of hydrogen-bond donors (Lipinski definition) is 2. The van der Waals surface area contributed by atoms with Crippen LogP contribution >= 0.6 is 0 Å². The largest absolute Gasteiger partial charge is 0.394 e. The Bertz CT molecular complexity index is 586. The van der Waals surface area contributed by atoms with Crippen LogP contribution in [-0.4, -0.2) is 17.3 Å². The van der Waals surface area contributed by atoms with Crippen LogP contribution in [0.2, 0.25) is 0 Å². The lowest BCUT2D eigenvalue weighted by molar-refractivity contribution is 0.197. The van der Waals surface area contributed by atoms with Crippen molar-refractivity contribution in [3.63, 3.8) is 0 Å². The minimum absolute atomic E-state index is 0.0101. The van der Waals surface area contributed by atoms with Gasteiger partial charge in [-0.05, 0) is 42.9 Å². The third-order valence-corrected chi connectivity index (χ3v) is 5.15. The van der Waals surface area contributed by atoms with E-state index in [0.29, 0.717) is 0 Å². The number of rotatable bonds is 10. The molecule has 25 heavy (non-hydrogen) atoms. The van der Waals surface area contributed by atoms with Crippen molar-refractivity contribution in [2.24, 2.45) is 5.73 Å². The molecule has 2 unspecified atom stereocenters. The van der Waals surface area contributed by atoms with E-state index >= 15 is 0 Å². The van der Waals surface area contributed by atoms with Crippen LogP contribution in [0, 0.1) is 0 Å². The fourth-order valence-electron chi connectivity index (χ4n) is 3.58. The van der Waals surface area contributed by atoms with Gasteiger partial charge < -0.3 is 10.8 Å². The number of nitrogens with two attached hydrogens (primary N) is 1. The normalized spacial score (nSPS) is 18.6. The summed E-state index contributed by atoms with van der Waals surface area (Å²) in [4.78, 5) is 0. The van der Waals surface area contributed by atoms with Crippen molar-refractivity contribution < 1.29 is 5.11 Å². The summed E-state index contributed by atoms with van der Waals surface area (Å²) in [5.41, 5.74) is 9.70. The van der Waals surface area contributed by atoms with Gasteiger partial charge in [0.15, 0.2) is 0 Å². The van der Waals surface area contributed by atoms with Crippen molar-refractivity contribution in [3.8, 4) is 0 Å². The first-order valence-corrected chi connectivity index (χ1v) is 9.93. The molecule has 0 aromatic heterocycles. The average molecular weight is 342 g/mol. The van der Waals surface area contributed by atoms with Gasteiger partial charge in [-0.25, -0.2) is 0 Å². The van der Waals surface area contributed by atoms with Crippen LogP contribution in [0.25, 0.3) is 6.08 Å². The van der Waals surface area contributed by atoms with Crippen LogP contribution in [0.4, 0.5) is 0 Å². The van der Waals surface area contributed by atoms with E-state index in [-0.39, 0.29) is 12.5 Å². The van der Waals surface area contributed by atoms with E-state index in [1.54, 1.807) is 0 Å². The van der Waals surface area contributed by atoms with Gasteiger partial charge in [0, 0.05) is 11.5 Å². The van der Waals surface area contributed by atoms with Gasteiger partial charge in [0.25, 0.3) is 0 Å². The Hall–Kier alpha value is -1.38. The standard InChI is InChI=1S/C23H35NO/c1-3-4-5-6-7-8-11-19-14-15-22-20(16-19)12-9-10-13-21(22)17-23(2,24)18-25/h9-10,12-16,21,25H,3-8,11,17-18,24H2,1-2H3. The summed E-state index contributed by atoms with van der Waals surface area (Å²) < 4.78 is 0. The SMILES string of the molecule is CCCCCCCCc1ccc2c(c1)C=CC=CC2CC(C)(N)CO. The summed E-state index contributed by atoms with van der Waals surface area (Å²) in [7, 11) is 0. The van der Waals surface area contributed by atoms with Crippen molar-refractivity contribution in [3.05, 3.63) is 53.1 Å². The Morgan fingerprint density at radius 1 is 1.08 bits per heavy atom. The summed E-state index contributed by atoms with van der Waals surface area (Å²) in [6.45, 7) is 4.20. The van der Waals surface area contributed by atoms with Crippen molar-refractivity contribution >= 4 is 6.08 Å². The van der Waals surface area contributed by atoms with Crippen molar-refractivity contribution in [2.75, 3.05) is 6.61 Å². The molecule has 2 heteroatoms. The molecule has 0 amide bonds. The summed E-state index contributed by atoms with van der Waals surface area (Å²) in [5.74, 6) is 0.259. The van der Waals surface area contributed by atoms with Crippen LogP contribution < -0.4 is 5.73 Å². The maximum atomic E-state index is 9.50. The molecule has 0 bridgehead atoms. The molecule has 138 valence electrons. The van der Waals surface area contributed by atoms with E-state index in [1.807, 2.05) is 6.92 Å². The number of aryl methyl sites for hydroxylation is 1. The summed E-state index contributed by atoms with van der Waals surface area (Å²) in [6.07, 6.45) is 18.6. The molecule has 1 aromatic rings. The lowest BCUT2D eigenvalue weighted by Gasteiger charge is -2.27. The van der Waals surface area contributed by atoms with Crippen molar-refractivity contribution in [2.45, 2.75) is 76.7 Å². The molecule has 0 spiro atoms. The molecule has 1 aromatic carbocycles. The van der Waals surface area contributed by atoms with E-state index in [2.05, 4.69) is 49.4 Å². The smallest absolute Gasteiger partial charge is 0.0608 e. The minimum Gasteiger partial charge on any atom is -0.394 e. The minimum atomic E-state index is -0.548. The van der Waals surface area contributed by atoms with Crippen LogP contribution in [0.5, 0.6) is 0 Å². The average Bonchev–Trinajstić information content (AvgIpc) is 2.79. The van der Waals surface area contributed by atoms with Gasteiger partial charge in [-0.2, -0.15) is 0 Å². The highest BCUT2D eigenvalue weighted by Gasteiger charge is 2.24. The Morgan fingerprint density at radius 3 is 2.60 bits per heavy atom. The highest BCUT2D eigenvalue weighted by molar-refractivity contribution is 5.60. The van der Waals surface area contributed by atoms with Gasteiger partial charge >= 0.3 is 0 Å². The topological polar surface area (TPSA) is 46.2 Å². The van der Waals surface area contributed by atoms with E-state index in [4.69, 9.17) is 5.73 Å². The van der Waals surface area contributed by atoms with Crippen LogP contribution in [-0.2, 0) is 6.42 Å². The van der Waals surface area contributed by atoms with Crippen LogP contribution in [0.15, 0.2) is 36.4 Å². The number of aliphatic hydroxyl groups is 1. The molecule has 0 heterocycles. The second-order valence-electron chi connectivity index (χ2n) is 7.85. The molecule has 0 saturated carbocycles. The number of hydrogen-bond acceptors (Lipinski definition) is 2. The van der Waals surface area contributed by atoms with E-state index in [9.17, 15) is 5.11 Å². The monoisotopic (exact) mass is 341 g/mol. The first-order chi connectivity index (χ1) is 12.1. The molecular weight excluding hydrogens is 306 g/mol. The molecule has 1 aliphatic carbocycles. The summed E-state index contributed by atoms with van der Waals surface area (Å²) >= 11 is 0. The van der Waals surface area contributed by atoms with Crippen LogP contribution in [0.1, 0.15) is 81.4 Å². The third-order valence-electron chi connectivity index (χ3n) is 5.15. The molecule has 0 fully saturated rings. The quantitative estimate of drug-likeness (QED) is 0.563. The maximum absolute atomic E-state index is 9.50. The second kappa shape index (κ2) is 9.94.